The van der Waals surface area contributed by atoms with Crippen LogP contribution in [0.5, 0.6) is 11.5 Å². The number of amides is 1. The van der Waals surface area contributed by atoms with Crippen molar-refractivity contribution in [3.63, 3.8) is 0 Å². The quantitative estimate of drug-likeness (QED) is 0.202. The molecular weight excluding hydrogens is 490 g/mol. The number of rotatable bonds is 8. The number of thiocarbonyl (C=S) groups is 1. The summed E-state index contributed by atoms with van der Waals surface area (Å²) in [6, 6.07) is 10.9. The van der Waals surface area contributed by atoms with Crippen molar-refractivity contribution in [2.45, 2.75) is 11.8 Å². The normalized spacial score (nSPS) is 14.8. The molecule has 1 aliphatic rings. The van der Waals surface area contributed by atoms with Crippen molar-refractivity contribution >= 4 is 75.3 Å². The van der Waals surface area contributed by atoms with E-state index in [2.05, 4.69) is 0 Å². The molecule has 0 N–H and O–H groups in total. The van der Waals surface area contributed by atoms with Gasteiger partial charge in [0.05, 0.1) is 29.3 Å². The Morgan fingerprint density at radius 2 is 2.09 bits per heavy atom. The van der Waals surface area contributed by atoms with Crippen molar-refractivity contribution in [1.82, 2.24) is 0 Å². The molecule has 2 aromatic carbocycles. The lowest BCUT2D eigenvalue weighted by Gasteiger charge is -2.15. The fraction of sp³-hybridized carbons (Fsp3) is 0.227. The van der Waals surface area contributed by atoms with Crippen molar-refractivity contribution in [1.29, 1.82) is 0 Å². The van der Waals surface area contributed by atoms with Gasteiger partial charge in [0.2, 0.25) is 0 Å². The zero-order chi connectivity index (χ0) is 23.3. The molecule has 0 bridgehead atoms. The summed E-state index contributed by atoms with van der Waals surface area (Å²) in [6.45, 7) is 1.67. The second kappa shape index (κ2) is 11.1. The van der Waals surface area contributed by atoms with Crippen molar-refractivity contribution in [2.24, 2.45) is 0 Å². The minimum atomic E-state index is -0.510. The van der Waals surface area contributed by atoms with Crippen LogP contribution in [0.4, 0.5) is 5.69 Å². The lowest BCUT2D eigenvalue weighted by atomic mass is 10.1. The van der Waals surface area contributed by atoms with Gasteiger partial charge in [-0.05, 0) is 55.2 Å². The van der Waals surface area contributed by atoms with Gasteiger partial charge in [0.1, 0.15) is 0 Å². The van der Waals surface area contributed by atoms with E-state index in [1.54, 1.807) is 36.9 Å². The van der Waals surface area contributed by atoms with Crippen LogP contribution in [0.15, 0.2) is 46.2 Å². The maximum absolute atomic E-state index is 13.1. The highest BCUT2D eigenvalue weighted by Gasteiger charge is 2.33. The van der Waals surface area contributed by atoms with Gasteiger partial charge in [-0.25, -0.2) is 4.79 Å². The smallest absolute Gasteiger partial charge is 0.344 e. The Morgan fingerprint density at radius 1 is 1.31 bits per heavy atom. The van der Waals surface area contributed by atoms with E-state index in [9.17, 15) is 9.59 Å². The van der Waals surface area contributed by atoms with Crippen LogP contribution in [0.2, 0.25) is 5.02 Å². The average Bonchev–Trinajstić information content (AvgIpc) is 3.05. The Hall–Kier alpha value is -2.20. The summed E-state index contributed by atoms with van der Waals surface area (Å²) >= 11 is 14.6. The molecule has 168 valence electrons. The van der Waals surface area contributed by atoms with E-state index in [1.165, 1.54) is 23.8 Å². The lowest BCUT2D eigenvalue weighted by Crippen LogP contribution is -2.27. The molecule has 3 rings (SSSR count). The molecule has 6 nitrogen and oxygen atoms in total. The van der Waals surface area contributed by atoms with E-state index in [4.69, 9.17) is 38.0 Å². The number of carbonyl (C=O) groups is 2. The third kappa shape index (κ3) is 5.58. The highest BCUT2D eigenvalue weighted by molar-refractivity contribution is 8.27. The van der Waals surface area contributed by atoms with Crippen LogP contribution in [0.3, 0.4) is 0 Å². The topological polar surface area (TPSA) is 65.1 Å². The highest BCUT2D eigenvalue weighted by Crippen LogP contribution is 2.40. The number of anilines is 1. The Labute approximate surface area is 205 Å². The molecule has 0 aliphatic carbocycles. The predicted molar refractivity (Wildman–Crippen MR) is 134 cm³/mol. The van der Waals surface area contributed by atoms with Gasteiger partial charge in [0, 0.05) is 4.90 Å². The van der Waals surface area contributed by atoms with Gasteiger partial charge in [-0.2, -0.15) is 0 Å². The molecule has 2 aromatic rings. The molecule has 0 unspecified atom stereocenters. The largest absolute Gasteiger partial charge is 0.493 e. The van der Waals surface area contributed by atoms with Crippen LogP contribution in [0.25, 0.3) is 6.08 Å². The van der Waals surface area contributed by atoms with Crippen molar-refractivity contribution in [3.05, 3.63) is 51.9 Å². The van der Waals surface area contributed by atoms with Crippen LogP contribution in [0, 0.1) is 0 Å². The predicted octanol–water partition coefficient (Wildman–Crippen LogP) is 5.42. The van der Waals surface area contributed by atoms with E-state index in [0.717, 1.165) is 10.6 Å². The Balaban J connectivity index is 1.86. The molecule has 1 fully saturated rings. The Kier molecular flexibility index (Phi) is 8.47. The van der Waals surface area contributed by atoms with Crippen molar-refractivity contribution in [2.75, 3.05) is 31.5 Å². The minimum Gasteiger partial charge on any atom is -0.493 e. The molecule has 0 spiro atoms. The van der Waals surface area contributed by atoms with Gasteiger partial charge in [-0.1, -0.05) is 41.6 Å². The van der Waals surface area contributed by atoms with Gasteiger partial charge in [-0.3, -0.25) is 9.69 Å². The first-order valence-corrected chi connectivity index (χ1v) is 12.3. The number of hydrogen-bond acceptors (Lipinski definition) is 8. The third-order valence-electron chi connectivity index (χ3n) is 4.29. The maximum Gasteiger partial charge on any atom is 0.344 e. The molecule has 32 heavy (non-hydrogen) atoms. The van der Waals surface area contributed by atoms with E-state index >= 15 is 0 Å². The van der Waals surface area contributed by atoms with Gasteiger partial charge in [0.25, 0.3) is 5.91 Å². The Morgan fingerprint density at radius 3 is 2.78 bits per heavy atom. The summed E-state index contributed by atoms with van der Waals surface area (Å²) in [5.74, 6) is -0.170. The molecular formula is C22H20ClNO5S3. The van der Waals surface area contributed by atoms with Crippen LogP contribution < -0.4 is 14.4 Å². The Bertz CT molecular complexity index is 1090. The van der Waals surface area contributed by atoms with Crippen molar-refractivity contribution < 1.29 is 23.8 Å². The minimum absolute atomic E-state index is 0.212. The van der Waals surface area contributed by atoms with Gasteiger partial charge in [-0.15, -0.1) is 11.8 Å². The first-order chi connectivity index (χ1) is 15.4. The number of thioether (sulfide) groups is 2. The number of ether oxygens (including phenoxy) is 3. The average molecular weight is 510 g/mol. The summed E-state index contributed by atoms with van der Waals surface area (Å²) in [5.41, 5.74) is 1.36. The molecule has 1 saturated heterocycles. The molecule has 1 aliphatic heterocycles. The second-order valence-corrected chi connectivity index (χ2v) is 9.31. The third-order valence-corrected chi connectivity index (χ3v) is 6.60. The van der Waals surface area contributed by atoms with Gasteiger partial charge < -0.3 is 14.2 Å². The molecule has 0 aromatic heterocycles. The number of halogens is 1. The van der Waals surface area contributed by atoms with Crippen LogP contribution in [-0.4, -0.2) is 42.8 Å². The zero-order valence-electron chi connectivity index (χ0n) is 17.5. The first kappa shape index (κ1) is 24.4. The number of carbonyl (C=O) groups excluding carboxylic acids is 2. The summed E-state index contributed by atoms with van der Waals surface area (Å²) in [5, 5.41) is 0.239. The van der Waals surface area contributed by atoms with Gasteiger partial charge in [0.15, 0.2) is 22.4 Å². The zero-order valence-corrected chi connectivity index (χ0v) is 20.8. The molecule has 0 atom stereocenters. The van der Waals surface area contributed by atoms with Crippen LogP contribution >= 0.6 is 47.3 Å². The standard InChI is InChI=1S/C22H20ClNO5S3/c1-4-28-19(25)12-29-20-16(23)8-13(9-17(20)27-2)10-18-21(26)24(22(30)32-18)14-6-5-7-15(11-14)31-3/h5-11H,4,12H2,1-3H3/b18-10-. The summed E-state index contributed by atoms with van der Waals surface area (Å²) < 4.78 is 16.2. The van der Waals surface area contributed by atoms with Gasteiger partial charge >= 0.3 is 5.97 Å². The molecule has 0 saturated carbocycles. The molecule has 0 radical (unpaired) electrons. The lowest BCUT2D eigenvalue weighted by molar-refractivity contribution is -0.145. The SMILES string of the molecule is CCOC(=O)COc1c(Cl)cc(/C=C2\SC(=S)N(c3cccc(SC)c3)C2=O)cc1OC. The monoisotopic (exact) mass is 509 g/mol. The van der Waals surface area contributed by atoms with E-state index < -0.39 is 5.97 Å². The van der Waals surface area contributed by atoms with Crippen molar-refractivity contribution in [3.8, 4) is 11.5 Å². The number of benzene rings is 2. The number of methoxy groups -OCH3 is 1. The fourth-order valence-electron chi connectivity index (χ4n) is 2.89. The van der Waals surface area contributed by atoms with Crippen LogP contribution in [-0.2, 0) is 14.3 Å². The second-order valence-electron chi connectivity index (χ2n) is 6.35. The molecule has 1 amide bonds. The number of esters is 1. The van der Waals surface area contributed by atoms with E-state index in [0.29, 0.717) is 20.5 Å². The molecule has 1 heterocycles. The maximum atomic E-state index is 13.1. The fourth-order valence-corrected chi connectivity index (χ4v) is 4.91. The molecule has 10 heteroatoms. The number of nitrogens with zero attached hydrogens (tertiary/aromatic N) is 1. The summed E-state index contributed by atoms with van der Waals surface area (Å²) in [4.78, 5) is 27.7. The number of hydrogen-bond donors (Lipinski definition) is 0. The summed E-state index contributed by atoms with van der Waals surface area (Å²) in [6.07, 6.45) is 3.67. The van der Waals surface area contributed by atoms with Crippen LogP contribution in [0.1, 0.15) is 12.5 Å². The summed E-state index contributed by atoms with van der Waals surface area (Å²) in [7, 11) is 1.46. The highest BCUT2D eigenvalue weighted by atomic mass is 35.5. The van der Waals surface area contributed by atoms with E-state index in [-0.39, 0.29) is 29.9 Å². The first-order valence-electron chi connectivity index (χ1n) is 9.45. The van der Waals surface area contributed by atoms with E-state index in [1.807, 2.05) is 30.5 Å².